The predicted octanol–water partition coefficient (Wildman–Crippen LogP) is 2.90. The molecule has 0 atom stereocenters. The number of hydrogen-bond acceptors (Lipinski definition) is 3. The van der Waals surface area contributed by atoms with Crippen molar-refractivity contribution in [2.45, 2.75) is 50.9 Å². The molecule has 1 heterocycles. The Labute approximate surface area is 119 Å². The van der Waals surface area contributed by atoms with Crippen LogP contribution in [0.4, 0.5) is 13.2 Å². The molecule has 3 N–H and O–H groups in total. The molecule has 0 aliphatic heterocycles. The third-order valence-electron chi connectivity index (χ3n) is 3.18. The molecule has 0 radical (unpaired) electrons. The van der Waals surface area contributed by atoms with Crippen LogP contribution in [0, 0.1) is 0 Å². The summed E-state index contributed by atoms with van der Waals surface area (Å²) >= 11 is 0.943. The number of hydrogen-bond donors (Lipinski definition) is 2. The van der Waals surface area contributed by atoms with Crippen LogP contribution in [-0.4, -0.2) is 17.0 Å². The molecular weight excluding hydrogens is 289 g/mol. The summed E-state index contributed by atoms with van der Waals surface area (Å²) < 4.78 is 37.1. The van der Waals surface area contributed by atoms with Crippen molar-refractivity contribution in [2.24, 2.45) is 10.7 Å². The van der Waals surface area contributed by atoms with E-state index in [-0.39, 0.29) is 12.5 Å². The van der Waals surface area contributed by atoms with Gasteiger partial charge in [0.1, 0.15) is 5.01 Å². The van der Waals surface area contributed by atoms with E-state index in [4.69, 9.17) is 5.73 Å². The first-order valence-corrected chi connectivity index (χ1v) is 7.41. The number of aliphatic imine (C=N–C) groups is 1. The molecule has 1 aromatic rings. The molecular formula is C12H17F3N4S. The molecule has 1 aromatic heterocycles. The fourth-order valence-corrected chi connectivity index (χ4v) is 2.89. The van der Waals surface area contributed by atoms with Crippen molar-refractivity contribution < 1.29 is 13.2 Å². The van der Waals surface area contributed by atoms with Crippen LogP contribution >= 0.6 is 11.3 Å². The minimum atomic E-state index is -4.40. The topological polar surface area (TPSA) is 63.3 Å². The van der Waals surface area contributed by atoms with Gasteiger partial charge in [0, 0.05) is 11.4 Å². The van der Waals surface area contributed by atoms with Crippen LogP contribution in [0.2, 0.25) is 0 Å². The van der Waals surface area contributed by atoms with Crippen LogP contribution < -0.4 is 11.1 Å². The summed E-state index contributed by atoms with van der Waals surface area (Å²) in [5, 5.41) is 4.41. The summed E-state index contributed by atoms with van der Waals surface area (Å²) in [6, 6.07) is 0.328. The monoisotopic (exact) mass is 306 g/mol. The maximum atomic E-state index is 12.4. The number of halogens is 3. The Bertz CT molecular complexity index is 464. The highest BCUT2D eigenvalue weighted by atomic mass is 32.1. The zero-order chi connectivity index (χ0) is 14.6. The van der Waals surface area contributed by atoms with E-state index in [1.165, 1.54) is 19.3 Å². The first kappa shape index (κ1) is 15.1. The van der Waals surface area contributed by atoms with E-state index in [1.807, 2.05) is 0 Å². The number of thiazole rings is 1. The highest BCUT2D eigenvalue weighted by Gasteiger charge is 2.33. The van der Waals surface area contributed by atoms with E-state index in [2.05, 4.69) is 15.3 Å². The van der Waals surface area contributed by atoms with Gasteiger partial charge in [-0.3, -0.25) is 0 Å². The Morgan fingerprint density at radius 3 is 2.70 bits per heavy atom. The van der Waals surface area contributed by atoms with Crippen LogP contribution in [0.3, 0.4) is 0 Å². The van der Waals surface area contributed by atoms with Crippen molar-refractivity contribution >= 4 is 17.3 Å². The van der Waals surface area contributed by atoms with Gasteiger partial charge in [0.15, 0.2) is 11.7 Å². The molecule has 0 aromatic carbocycles. The Balaban J connectivity index is 1.86. The lowest BCUT2D eigenvalue weighted by Gasteiger charge is -2.23. The Hall–Kier alpha value is -1.31. The molecule has 8 heteroatoms. The van der Waals surface area contributed by atoms with Gasteiger partial charge in [-0.1, -0.05) is 19.3 Å². The van der Waals surface area contributed by atoms with Crippen molar-refractivity contribution in [3.05, 3.63) is 16.1 Å². The van der Waals surface area contributed by atoms with E-state index in [0.717, 1.165) is 29.6 Å². The van der Waals surface area contributed by atoms with Gasteiger partial charge in [-0.15, -0.1) is 11.3 Å². The number of alkyl halides is 3. The first-order valence-electron chi connectivity index (χ1n) is 6.53. The molecule has 112 valence electrons. The summed E-state index contributed by atoms with van der Waals surface area (Å²) in [5.41, 5.74) is 4.87. The van der Waals surface area contributed by atoms with Crippen LogP contribution in [0.5, 0.6) is 0 Å². The Morgan fingerprint density at radius 2 is 2.10 bits per heavy atom. The van der Waals surface area contributed by atoms with Gasteiger partial charge >= 0.3 is 6.18 Å². The smallest absolute Gasteiger partial charge is 0.370 e. The number of nitrogens with one attached hydrogen (secondary N) is 1. The van der Waals surface area contributed by atoms with Crippen molar-refractivity contribution in [3.8, 4) is 0 Å². The minimum absolute atomic E-state index is 0.0757. The van der Waals surface area contributed by atoms with Crippen LogP contribution in [-0.2, 0) is 12.7 Å². The molecule has 1 saturated carbocycles. The molecule has 0 amide bonds. The molecule has 0 bridgehead atoms. The number of nitrogens with zero attached hydrogens (tertiary/aromatic N) is 2. The second kappa shape index (κ2) is 6.43. The third kappa shape index (κ3) is 4.36. The normalized spacial score (nSPS) is 18.2. The van der Waals surface area contributed by atoms with Gasteiger partial charge in [-0.2, -0.15) is 13.2 Å². The van der Waals surface area contributed by atoms with Crippen LogP contribution in [0.25, 0.3) is 0 Å². The second-order valence-corrected chi connectivity index (χ2v) is 5.75. The number of nitrogens with two attached hydrogens (primary N) is 1. The quantitative estimate of drug-likeness (QED) is 0.666. The van der Waals surface area contributed by atoms with Gasteiger partial charge in [-0.25, -0.2) is 9.98 Å². The first-order chi connectivity index (χ1) is 9.45. The van der Waals surface area contributed by atoms with Gasteiger partial charge in [0.05, 0.1) is 6.54 Å². The third-order valence-corrected chi connectivity index (χ3v) is 4.02. The largest absolute Gasteiger partial charge is 0.434 e. The fourth-order valence-electron chi connectivity index (χ4n) is 2.17. The molecule has 1 aliphatic rings. The number of rotatable bonds is 3. The highest BCUT2D eigenvalue weighted by Crippen LogP contribution is 2.30. The van der Waals surface area contributed by atoms with Gasteiger partial charge in [0.2, 0.25) is 0 Å². The molecule has 1 aliphatic carbocycles. The molecule has 0 saturated heterocycles. The summed E-state index contributed by atoms with van der Waals surface area (Å²) in [6.45, 7) is 0.0757. The predicted molar refractivity (Wildman–Crippen MR) is 72.5 cm³/mol. The summed E-state index contributed by atoms with van der Waals surface area (Å²) in [5.74, 6) is 0.278. The van der Waals surface area contributed by atoms with E-state index in [9.17, 15) is 13.2 Å². The van der Waals surface area contributed by atoms with Crippen molar-refractivity contribution in [1.29, 1.82) is 0 Å². The molecule has 0 spiro atoms. The van der Waals surface area contributed by atoms with Gasteiger partial charge < -0.3 is 11.1 Å². The molecule has 0 unspecified atom stereocenters. The van der Waals surface area contributed by atoms with Crippen molar-refractivity contribution in [3.63, 3.8) is 0 Å². The maximum absolute atomic E-state index is 12.4. The lowest BCUT2D eigenvalue weighted by atomic mass is 9.96. The highest BCUT2D eigenvalue weighted by molar-refractivity contribution is 7.09. The van der Waals surface area contributed by atoms with Crippen molar-refractivity contribution in [1.82, 2.24) is 10.3 Å². The van der Waals surface area contributed by atoms with Crippen LogP contribution in [0.15, 0.2) is 10.4 Å². The standard InChI is InChI=1S/C12H17F3N4S/c13-12(14,15)9-7-20-10(19-9)6-17-11(16)18-8-4-2-1-3-5-8/h7-8H,1-6H2,(H3,16,17,18). The average molecular weight is 306 g/mol. The Morgan fingerprint density at radius 1 is 1.40 bits per heavy atom. The second-order valence-electron chi connectivity index (χ2n) is 4.80. The average Bonchev–Trinajstić information content (AvgIpc) is 2.86. The molecule has 1 fully saturated rings. The number of aromatic nitrogens is 1. The summed E-state index contributed by atoms with van der Waals surface area (Å²) in [4.78, 5) is 7.55. The summed E-state index contributed by atoms with van der Waals surface area (Å²) in [7, 11) is 0. The minimum Gasteiger partial charge on any atom is -0.370 e. The molecule has 20 heavy (non-hydrogen) atoms. The number of guanidine groups is 1. The van der Waals surface area contributed by atoms with Crippen LogP contribution in [0.1, 0.15) is 42.8 Å². The van der Waals surface area contributed by atoms with E-state index < -0.39 is 11.9 Å². The molecule has 4 nitrogen and oxygen atoms in total. The zero-order valence-corrected chi connectivity index (χ0v) is 11.7. The zero-order valence-electron chi connectivity index (χ0n) is 10.9. The SMILES string of the molecule is NC(=NCc1nc(C(F)(F)F)cs1)NC1CCCCC1. The lowest BCUT2D eigenvalue weighted by molar-refractivity contribution is -0.140. The van der Waals surface area contributed by atoms with Gasteiger partial charge in [-0.05, 0) is 12.8 Å². The Kier molecular flexibility index (Phi) is 4.85. The van der Waals surface area contributed by atoms with Gasteiger partial charge in [0.25, 0.3) is 0 Å². The summed E-state index contributed by atoms with van der Waals surface area (Å²) in [6.07, 6.45) is 1.31. The van der Waals surface area contributed by atoms with Crippen molar-refractivity contribution in [2.75, 3.05) is 0 Å². The van der Waals surface area contributed by atoms with E-state index in [1.54, 1.807) is 0 Å². The van der Waals surface area contributed by atoms with E-state index >= 15 is 0 Å². The van der Waals surface area contributed by atoms with E-state index in [0.29, 0.717) is 11.0 Å². The lowest BCUT2D eigenvalue weighted by Crippen LogP contribution is -2.41. The maximum Gasteiger partial charge on any atom is 0.434 e. The molecule has 2 rings (SSSR count). The fraction of sp³-hybridized carbons (Fsp3) is 0.667.